The summed E-state index contributed by atoms with van der Waals surface area (Å²) in [6, 6.07) is 0. The highest BCUT2D eigenvalue weighted by Crippen LogP contribution is 2.75. The van der Waals surface area contributed by atoms with Gasteiger partial charge in [0, 0.05) is 0 Å². The summed E-state index contributed by atoms with van der Waals surface area (Å²) in [6.07, 6.45) is 17.4. The lowest BCUT2D eigenvalue weighted by atomic mass is 9.33. The molecule has 0 amide bonds. The van der Waals surface area contributed by atoms with Crippen LogP contribution in [0.2, 0.25) is 0 Å². The van der Waals surface area contributed by atoms with Gasteiger partial charge in [-0.25, -0.2) is 0 Å². The monoisotopic (exact) mass is 455 g/mol. The third kappa shape index (κ3) is 3.48. The molecule has 8 unspecified atom stereocenters. The first-order valence-electron chi connectivity index (χ1n) is 14.7. The molecule has 4 saturated carbocycles. The van der Waals surface area contributed by atoms with E-state index in [1.807, 2.05) is 12.5 Å². The van der Waals surface area contributed by atoms with Crippen LogP contribution in [0.15, 0.2) is 11.6 Å². The van der Waals surface area contributed by atoms with E-state index in [0.29, 0.717) is 27.1 Å². The topological polar surface area (TPSA) is 26.0 Å². The van der Waals surface area contributed by atoms with Gasteiger partial charge in [-0.1, -0.05) is 86.8 Å². The molecule has 5 aliphatic carbocycles. The molecule has 2 N–H and O–H groups in total. The van der Waals surface area contributed by atoms with Crippen LogP contribution in [0.3, 0.4) is 0 Å². The van der Waals surface area contributed by atoms with E-state index in [1.54, 1.807) is 0 Å². The van der Waals surface area contributed by atoms with E-state index in [-0.39, 0.29) is 0 Å². The Balaban J connectivity index is 0.000000821. The first-order chi connectivity index (χ1) is 15.3. The molecule has 33 heavy (non-hydrogen) atoms. The smallest absolute Gasteiger partial charge is 0.00564 e. The molecule has 0 spiro atoms. The summed E-state index contributed by atoms with van der Waals surface area (Å²) in [5, 5.41) is 0. The first kappa shape index (κ1) is 25.8. The molecular formula is C32H57N. The van der Waals surface area contributed by atoms with Gasteiger partial charge in [0.25, 0.3) is 0 Å². The third-order valence-corrected chi connectivity index (χ3v) is 13.3. The van der Waals surface area contributed by atoms with Gasteiger partial charge in [0.2, 0.25) is 0 Å². The van der Waals surface area contributed by atoms with Gasteiger partial charge in [-0.05, 0) is 115 Å². The standard InChI is InChI=1S/C30H50.C2H7N/c1-20-10-9-15-27(5)18-19-29(7)22(25(20)27)11-12-24-28(6)16-13-21(2)26(3,4)23(28)14-17-30(24,29)8;1-2-3/h11,20-21,23-25H,9-10,12-19H2,1-8H3;2-3H2,1H3/t20?,21?,23?,24?,25?,27?,28?,29-,30?;/m1./s1. The minimum Gasteiger partial charge on any atom is -0.331 e. The fourth-order valence-electron chi connectivity index (χ4n) is 11.0. The van der Waals surface area contributed by atoms with Gasteiger partial charge in [-0.2, -0.15) is 0 Å². The van der Waals surface area contributed by atoms with Crippen LogP contribution in [0.25, 0.3) is 0 Å². The molecule has 0 radical (unpaired) electrons. The second kappa shape index (κ2) is 8.38. The SMILES string of the molecule is CC1CCCC2(C)CC[C@]3(C)C(=CCC4C5(C)CCC(C)C(C)(C)C5CCC43C)C12.CCN. The number of fused-ring (bicyclic) bond motifs is 7. The van der Waals surface area contributed by atoms with Crippen molar-refractivity contribution < 1.29 is 0 Å². The number of hydrogen-bond acceptors (Lipinski definition) is 1. The molecule has 0 heterocycles. The number of nitrogens with two attached hydrogens (primary N) is 1. The van der Waals surface area contributed by atoms with E-state index in [4.69, 9.17) is 5.73 Å². The maximum absolute atomic E-state index is 4.85. The molecule has 1 nitrogen and oxygen atoms in total. The van der Waals surface area contributed by atoms with Crippen molar-refractivity contribution in [2.45, 2.75) is 127 Å². The van der Waals surface area contributed by atoms with Gasteiger partial charge in [-0.15, -0.1) is 0 Å². The van der Waals surface area contributed by atoms with Crippen molar-refractivity contribution in [1.82, 2.24) is 0 Å². The van der Waals surface area contributed by atoms with E-state index >= 15 is 0 Å². The van der Waals surface area contributed by atoms with Crippen molar-refractivity contribution in [3.05, 3.63) is 11.6 Å². The highest BCUT2D eigenvalue weighted by molar-refractivity contribution is 5.33. The predicted molar refractivity (Wildman–Crippen MR) is 144 cm³/mol. The Morgan fingerprint density at radius 2 is 1.52 bits per heavy atom. The summed E-state index contributed by atoms with van der Waals surface area (Å²) < 4.78 is 0. The number of allylic oxidation sites excluding steroid dienone is 2. The second-order valence-electron chi connectivity index (χ2n) is 15.0. The molecule has 190 valence electrons. The van der Waals surface area contributed by atoms with Gasteiger partial charge in [0.15, 0.2) is 0 Å². The third-order valence-electron chi connectivity index (χ3n) is 13.3. The van der Waals surface area contributed by atoms with Gasteiger partial charge < -0.3 is 5.73 Å². The van der Waals surface area contributed by atoms with Crippen LogP contribution in [0.5, 0.6) is 0 Å². The van der Waals surface area contributed by atoms with Crippen molar-refractivity contribution in [3.8, 4) is 0 Å². The first-order valence-corrected chi connectivity index (χ1v) is 14.7. The van der Waals surface area contributed by atoms with E-state index in [2.05, 4.69) is 61.5 Å². The van der Waals surface area contributed by atoms with Gasteiger partial charge >= 0.3 is 0 Å². The fourth-order valence-corrected chi connectivity index (χ4v) is 11.0. The van der Waals surface area contributed by atoms with Gasteiger partial charge in [-0.3, -0.25) is 0 Å². The normalized spacial score (nSPS) is 52.7. The van der Waals surface area contributed by atoms with E-state index in [9.17, 15) is 0 Å². The number of hydrogen-bond donors (Lipinski definition) is 1. The number of rotatable bonds is 0. The molecule has 4 fully saturated rings. The average Bonchev–Trinajstić information content (AvgIpc) is 2.72. The Morgan fingerprint density at radius 3 is 2.18 bits per heavy atom. The lowest BCUT2D eigenvalue weighted by Crippen LogP contribution is -2.63. The molecule has 0 aromatic carbocycles. The van der Waals surface area contributed by atoms with E-state index in [1.165, 1.54) is 64.2 Å². The highest BCUT2D eigenvalue weighted by atomic mass is 14.7. The summed E-state index contributed by atoms with van der Waals surface area (Å²) in [6.45, 7) is 23.9. The fraction of sp³-hybridized carbons (Fsp3) is 0.938. The lowest BCUT2D eigenvalue weighted by Gasteiger charge is -2.71. The average molecular weight is 456 g/mol. The maximum Gasteiger partial charge on any atom is -0.00564 e. The zero-order chi connectivity index (χ0) is 24.4. The minimum atomic E-state index is 0.437. The molecule has 0 aliphatic heterocycles. The minimum absolute atomic E-state index is 0.437. The van der Waals surface area contributed by atoms with Crippen molar-refractivity contribution >= 4 is 0 Å². The molecule has 5 rings (SSSR count). The predicted octanol–water partition coefficient (Wildman–Crippen LogP) is 9.02. The Hall–Kier alpha value is -0.300. The summed E-state index contributed by atoms with van der Waals surface area (Å²) in [5.41, 5.74) is 9.34. The zero-order valence-electron chi connectivity index (χ0n) is 23.8. The van der Waals surface area contributed by atoms with Crippen LogP contribution in [-0.4, -0.2) is 6.54 Å². The molecule has 0 aromatic rings. The van der Waals surface area contributed by atoms with Crippen molar-refractivity contribution in [3.63, 3.8) is 0 Å². The van der Waals surface area contributed by atoms with Gasteiger partial charge in [0.1, 0.15) is 0 Å². The van der Waals surface area contributed by atoms with Crippen molar-refractivity contribution in [2.75, 3.05) is 6.54 Å². The summed E-state index contributed by atoms with van der Waals surface area (Å²) in [7, 11) is 0. The quantitative estimate of drug-likeness (QED) is 0.362. The van der Waals surface area contributed by atoms with E-state index in [0.717, 1.165) is 36.1 Å². The highest BCUT2D eigenvalue weighted by Gasteiger charge is 2.67. The Labute approximate surface area is 207 Å². The molecule has 0 aromatic heterocycles. The summed E-state index contributed by atoms with van der Waals surface area (Å²) in [5.74, 6) is 4.41. The van der Waals surface area contributed by atoms with Crippen LogP contribution in [0, 0.1) is 56.7 Å². The summed E-state index contributed by atoms with van der Waals surface area (Å²) in [4.78, 5) is 0. The zero-order valence-corrected chi connectivity index (χ0v) is 23.8. The molecule has 9 atom stereocenters. The van der Waals surface area contributed by atoms with Crippen LogP contribution in [-0.2, 0) is 0 Å². The van der Waals surface area contributed by atoms with Crippen LogP contribution in [0.1, 0.15) is 127 Å². The van der Waals surface area contributed by atoms with Crippen molar-refractivity contribution in [2.24, 2.45) is 62.4 Å². The molecule has 1 heteroatoms. The maximum atomic E-state index is 4.85. The van der Waals surface area contributed by atoms with Crippen molar-refractivity contribution in [1.29, 1.82) is 0 Å². The van der Waals surface area contributed by atoms with Gasteiger partial charge in [0.05, 0.1) is 0 Å². The largest absolute Gasteiger partial charge is 0.331 e. The van der Waals surface area contributed by atoms with Crippen LogP contribution >= 0.6 is 0 Å². The second-order valence-corrected chi connectivity index (χ2v) is 15.0. The molecule has 0 bridgehead atoms. The Bertz CT molecular complexity index is 764. The summed E-state index contributed by atoms with van der Waals surface area (Å²) >= 11 is 0. The van der Waals surface area contributed by atoms with E-state index < -0.39 is 0 Å². The lowest BCUT2D eigenvalue weighted by molar-refractivity contribution is -0.190. The van der Waals surface area contributed by atoms with Crippen LogP contribution < -0.4 is 5.73 Å². The Kier molecular flexibility index (Phi) is 6.55. The molecular weight excluding hydrogens is 398 g/mol. The Morgan fingerprint density at radius 1 is 0.848 bits per heavy atom. The molecule has 0 saturated heterocycles. The van der Waals surface area contributed by atoms with Crippen LogP contribution in [0.4, 0.5) is 0 Å². The molecule has 5 aliphatic rings.